The van der Waals surface area contributed by atoms with Crippen LogP contribution < -0.4 is 5.32 Å². The molecule has 1 rings (SSSR count). The summed E-state index contributed by atoms with van der Waals surface area (Å²) in [6.45, 7) is 2.62. The predicted molar refractivity (Wildman–Crippen MR) is 65.5 cm³/mol. The highest BCUT2D eigenvalue weighted by molar-refractivity contribution is 7.99. The van der Waals surface area contributed by atoms with Gasteiger partial charge in [0.1, 0.15) is 0 Å². The van der Waals surface area contributed by atoms with Crippen molar-refractivity contribution in [2.75, 3.05) is 12.3 Å². The van der Waals surface area contributed by atoms with E-state index in [0.717, 1.165) is 15.7 Å². The molecule has 1 N–H and O–H groups in total. The Bertz CT molecular complexity index is 313. The van der Waals surface area contributed by atoms with Gasteiger partial charge in [-0.25, -0.2) is 0 Å². The molecule has 0 saturated carbocycles. The average molecular weight is 244 g/mol. The zero-order valence-corrected chi connectivity index (χ0v) is 10.2. The largest absolute Gasteiger partial charge is 0.356 e. The van der Waals surface area contributed by atoms with Gasteiger partial charge in [0.15, 0.2) is 0 Å². The van der Waals surface area contributed by atoms with E-state index >= 15 is 0 Å². The fourth-order valence-corrected chi connectivity index (χ4v) is 2.06. The van der Waals surface area contributed by atoms with Crippen LogP contribution in [-0.2, 0) is 4.79 Å². The molecular weight excluding hydrogens is 230 g/mol. The molecule has 0 spiro atoms. The summed E-state index contributed by atoms with van der Waals surface area (Å²) in [5.74, 6) is 0.909. The molecule has 0 saturated heterocycles. The number of carbonyl (C=O) groups is 1. The third-order valence-corrected chi connectivity index (χ3v) is 3.05. The molecule has 0 aliphatic rings. The first-order chi connectivity index (χ1) is 7.22. The van der Waals surface area contributed by atoms with Gasteiger partial charge in [0, 0.05) is 28.6 Å². The molecule has 0 heterocycles. The van der Waals surface area contributed by atoms with Gasteiger partial charge in [0.25, 0.3) is 0 Å². The number of nitrogens with one attached hydrogen (secondary N) is 1. The Morgan fingerprint density at radius 1 is 1.40 bits per heavy atom. The van der Waals surface area contributed by atoms with Gasteiger partial charge in [-0.2, -0.15) is 0 Å². The van der Waals surface area contributed by atoms with E-state index in [2.05, 4.69) is 5.32 Å². The van der Waals surface area contributed by atoms with Crippen LogP contribution in [0.1, 0.15) is 13.3 Å². The maximum Gasteiger partial charge on any atom is 0.220 e. The van der Waals surface area contributed by atoms with Crippen molar-refractivity contribution >= 4 is 29.3 Å². The van der Waals surface area contributed by atoms with Crippen LogP contribution in [0, 0.1) is 0 Å². The lowest BCUT2D eigenvalue weighted by atomic mass is 10.4. The Morgan fingerprint density at radius 2 is 2.07 bits per heavy atom. The van der Waals surface area contributed by atoms with Gasteiger partial charge in [0.2, 0.25) is 5.91 Å². The molecule has 15 heavy (non-hydrogen) atoms. The Balaban J connectivity index is 2.26. The average Bonchev–Trinajstić information content (AvgIpc) is 2.21. The molecule has 0 unspecified atom stereocenters. The molecule has 1 aromatic carbocycles. The third kappa shape index (κ3) is 5.09. The summed E-state index contributed by atoms with van der Waals surface area (Å²) in [7, 11) is 0. The molecule has 4 heteroatoms. The quantitative estimate of drug-likeness (QED) is 0.806. The Kier molecular flexibility index (Phi) is 5.58. The van der Waals surface area contributed by atoms with Gasteiger partial charge in [-0.3, -0.25) is 4.79 Å². The van der Waals surface area contributed by atoms with Crippen molar-refractivity contribution in [2.24, 2.45) is 0 Å². The zero-order valence-electron chi connectivity index (χ0n) is 8.63. The summed E-state index contributed by atoms with van der Waals surface area (Å²) < 4.78 is 0. The lowest BCUT2D eigenvalue weighted by molar-refractivity contribution is -0.120. The van der Waals surface area contributed by atoms with Gasteiger partial charge in [-0.15, -0.1) is 11.8 Å². The molecule has 1 aromatic rings. The van der Waals surface area contributed by atoms with E-state index in [1.165, 1.54) is 0 Å². The number of thioether (sulfide) groups is 1. The highest BCUT2D eigenvalue weighted by Crippen LogP contribution is 2.20. The molecular formula is C11H14ClNOS. The molecule has 0 atom stereocenters. The molecule has 0 aliphatic carbocycles. The van der Waals surface area contributed by atoms with Crippen molar-refractivity contribution < 1.29 is 4.79 Å². The minimum Gasteiger partial charge on any atom is -0.356 e. The van der Waals surface area contributed by atoms with Gasteiger partial charge < -0.3 is 5.32 Å². The molecule has 1 amide bonds. The zero-order chi connectivity index (χ0) is 11.1. The predicted octanol–water partition coefficient (Wildman–Crippen LogP) is 2.96. The van der Waals surface area contributed by atoms with Crippen LogP contribution in [-0.4, -0.2) is 18.2 Å². The van der Waals surface area contributed by atoms with Gasteiger partial charge >= 0.3 is 0 Å². The van der Waals surface area contributed by atoms with E-state index in [9.17, 15) is 4.79 Å². The summed E-state index contributed by atoms with van der Waals surface area (Å²) >= 11 is 7.43. The van der Waals surface area contributed by atoms with Gasteiger partial charge in [0.05, 0.1) is 0 Å². The fraction of sp³-hybridized carbons (Fsp3) is 0.364. The highest BCUT2D eigenvalue weighted by Gasteiger charge is 2.00. The summed E-state index contributed by atoms with van der Waals surface area (Å²) in [6.07, 6.45) is 0.557. The van der Waals surface area contributed by atoms with Gasteiger partial charge in [-0.1, -0.05) is 11.6 Å². The number of hydrogen-bond donors (Lipinski definition) is 1. The SMILES string of the molecule is CCNC(=O)CCSc1ccc(Cl)cc1. The van der Waals surface area contributed by atoms with Crippen molar-refractivity contribution in [3.05, 3.63) is 29.3 Å². The van der Waals surface area contributed by atoms with Crippen molar-refractivity contribution in [3.8, 4) is 0 Å². The number of carbonyl (C=O) groups excluding carboxylic acids is 1. The van der Waals surface area contributed by atoms with E-state index in [1.54, 1.807) is 11.8 Å². The Hall–Kier alpha value is -0.670. The molecule has 0 aliphatic heterocycles. The van der Waals surface area contributed by atoms with Gasteiger partial charge in [-0.05, 0) is 31.2 Å². The maximum absolute atomic E-state index is 11.1. The van der Waals surface area contributed by atoms with Crippen molar-refractivity contribution in [3.63, 3.8) is 0 Å². The number of hydrogen-bond acceptors (Lipinski definition) is 2. The molecule has 0 bridgehead atoms. The van der Waals surface area contributed by atoms with E-state index in [4.69, 9.17) is 11.6 Å². The van der Waals surface area contributed by atoms with E-state index in [-0.39, 0.29) is 5.91 Å². The topological polar surface area (TPSA) is 29.1 Å². The fourth-order valence-electron chi connectivity index (χ4n) is 1.08. The van der Waals surface area contributed by atoms with Crippen LogP contribution in [0.25, 0.3) is 0 Å². The number of benzene rings is 1. The molecule has 2 nitrogen and oxygen atoms in total. The van der Waals surface area contributed by atoms with Crippen molar-refractivity contribution in [1.29, 1.82) is 0 Å². The summed E-state index contributed by atoms with van der Waals surface area (Å²) in [6, 6.07) is 7.64. The highest BCUT2D eigenvalue weighted by atomic mass is 35.5. The smallest absolute Gasteiger partial charge is 0.220 e. The summed E-state index contributed by atoms with van der Waals surface area (Å²) in [4.78, 5) is 12.3. The second-order valence-corrected chi connectivity index (χ2v) is 4.61. The minimum absolute atomic E-state index is 0.110. The molecule has 0 fully saturated rings. The second-order valence-electron chi connectivity index (χ2n) is 3.01. The monoisotopic (exact) mass is 243 g/mol. The summed E-state index contributed by atoms with van der Waals surface area (Å²) in [5, 5.41) is 3.51. The van der Waals surface area contributed by atoms with Crippen LogP contribution in [0.3, 0.4) is 0 Å². The van der Waals surface area contributed by atoms with E-state index < -0.39 is 0 Å². The number of halogens is 1. The van der Waals surface area contributed by atoms with E-state index in [0.29, 0.717) is 13.0 Å². The molecule has 0 radical (unpaired) electrons. The maximum atomic E-state index is 11.1. The lowest BCUT2D eigenvalue weighted by Gasteiger charge is -2.02. The van der Waals surface area contributed by atoms with Crippen LogP contribution >= 0.6 is 23.4 Å². The van der Waals surface area contributed by atoms with Crippen LogP contribution in [0.15, 0.2) is 29.2 Å². The first-order valence-corrected chi connectivity index (χ1v) is 6.24. The van der Waals surface area contributed by atoms with E-state index in [1.807, 2.05) is 31.2 Å². The Labute approximate surface area is 99.4 Å². The first-order valence-electron chi connectivity index (χ1n) is 4.87. The first kappa shape index (κ1) is 12.4. The van der Waals surface area contributed by atoms with Crippen LogP contribution in [0.2, 0.25) is 5.02 Å². The molecule has 82 valence electrons. The third-order valence-electron chi connectivity index (χ3n) is 1.79. The lowest BCUT2D eigenvalue weighted by Crippen LogP contribution is -2.22. The molecule has 0 aromatic heterocycles. The van der Waals surface area contributed by atoms with Crippen molar-refractivity contribution in [2.45, 2.75) is 18.2 Å². The minimum atomic E-state index is 0.110. The van der Waals surface area contributed by atoms with Crippen LogP contribution in [0.5, 0.6) is 0 Å². The number of rotatable bonds is 5. The normalized spacial score (nSPS) is 10.0. The standard InChI is InChI=1S/C11H14ClNOS/c1-2-13-11(14)7-8-15-10-5-3-9(12)4-6-10/h3-6H,2,7-8H2,1H3,(H,13,14). The number of amides is 1. The van der Waals surface area contributed by atoms with Crippen molar-refractivity contribution in [1.82, 2.24) is 5.32 Å². The summed E-state index contributed by atoms with van der Waals surface area (Å²) in [5.41, 5.74) is 0. The second kappa shape index (κ2) is 6.75. The Morgan fingerprint density at radius 3 is 2.67 bits per heavy atom. The van der Waals surface area contributed by atoms with Crippen LogP contribution in [0.4, 0.5) is 0 Å².